The van der Waals surface area contributed by atoms with E-state index in [9.17, 15) is 13.2 Å². The molecular formula is C28H30F3N5O2. The lowest BCUT2D eigenvalue weighted by molar-refractivity contribution is -0.274. The number of halogens is 3. The lowest BCUT2D eigenvalue weighted by Gasteiger charge is -2.30. The molecule has 38 heavy (non-hydrogen) atoms. The fourth-order valence-electron chi connectivity index (χ4n) is 4.84. The summed E-state index contributed by atoms with van der Waals surface area (Å²) in [7, 11) is 3.96. The minimum absolute atomic E-state index is 0.260. The molecule has 1 aliphatic carbocycles. The topological polar surface area (TPSA) is 75.5 Å². The van der Waals surface area contributed by atoms with Crippen LogP contribution in [-0.4, -0.2) is 42.5 Å². The van der Waals surface area contributed by atoms with Crippen LogP contribution in [0.5, 0.6) is 5.75 Å². The Kier molecular flexibility index (Phi) is 7.42. The molecule has 1 aliphatic rings. The number of rotatable bonds is 8. The monoisotopic (exact) mass is 525 g/mol. The third-order valence-corrected chi connectivity index (χ3v) is 6.67. The molecule has 0 radical (unpaired) electrons. The molecule has 0 amide bonds. The maximum atomic E-state index is 12.8. The van der Waals surface area contributed by atoms with Crippen molar-refractivity contribution >= 4 is 22.7 Å². The number of hydrogen-bond donors (Lipinski definition) is 2. The van der Waals surface area contributed by atoms with Crippen molar-refractivity contribution in [2.45, 2.75) is 50.7 Å². The fourth-order valence-corrected chi connectivity index (χ4v) is 4.84. The van der Waals surface area contributed by atoms with E-state index in [1.165, 1.54) is 12.1 Å². The van der Waals surface area contributed by atoms with E-state index in [1.807, 2.05) is 43.3 Å². The molecule has 1 fully saturated rings. The Morgan fingerprint density at radius 1 is 0.921 bits per heavy atom. The van der Waals surface area contributed by atoms with Gasteiger partial charge in [0.2, 0.25) is 5.95 Å². The highest BCUT2D eigenvalue weighted by Gasteiger charge is 2.32. The van der Waals surface area contributed by atoms with Gasteiger partial charge in [-0.25, -0.2) is 4.98 Å². The zero-order chi connectivity index (χ0) is 26.7. The van der Waals surface area contributed by atoms with Crippen molar-refractivity contribution in [3.63, 3.8) is 0 Å². The summed E-state index contributed by atoms with van der Waals surface area (Å²) >= 11 is 0. The third-order valence-electron chi connectivity index (χ3n) is 6.67. The second kappa shape index (κ2) is 10.9. The Balaban J connectivity index is 1.15. The Bertz CT molecular complexity index is 1380. The summed E-state index contributed by atoms with van der Waals surface area (Å²) in [5.41, 5.74) is 1.17. The van der Waals surface area contributed by atoms with Gasteiger partial charge < -0.3 is 24.7 Å². The molecule has 0 spiro atoms. The quantitative estimate of drug-likeness (QED) is 0.277. The van der Waals surface area contributed by atoms with Crippen molar-refractivity contribution in [1.29, 1.82) is 0 Å². The standard InChI is InChI=1S/C28H30F3N5O2/c1-36(2)26-21-7-3-5-9-23(21)34-27(35-26)33-19-13-11-18(12-14-19)32-17-20-15-16-24(37-20)22-8-4-6-10-25(22)38-28(29,30)31/h3-10,15-16,18-19,32H,11-14,17H2,1-2H3,(H,33,34,35). The Hall–Kier alpha value is -3.79. The number of nitrogens with zero attached hydrogens (tertiary/aromatic N) is 3. The first-order valence-electron chi connectivity index (χ1n) is 12.6. The summed E-state index contributed by atoms with van der Waals surface area (Å²) in [5, 5.41) is 8.06. The largest absolute Gasteiger partial charge is 0.573 e. The van der Waals surface area contributed by atoms with E-state index in [-0.39, 0.29) is 17.4 Å². The number of ether oxygens (including phenoxy) is 1. The molecule has 200 valence electrons. The first-order chi connectivity index (χ1) is 18.2. The molecular weight excluding hydrogens is 495 g/mol. The Morgan fingerprint density at radius 2 is 1.63 bits per heavy atom. The first kappa shape index (κ1) is 25.8. The van der Waals surface area contributed by atoms with Gasteiger partial charge in [0.05, 0.1) is 17.6 Å². The van der Waals surface area contributed by atoms with Crippen LogP contribution in [0.25, 0.3) is 22.2 Å². The van der Waals surface area contributed by atoms with Crippen molar-refractivity contribution in [2.24, 2.45) is 0 Å². The molecule has 5 rings (SSSR count). The fraction of sp³-hybridized carbons (Fsp3) is 0.357. The van der Waals surface area contributed by atoms with Gasteiger partial charge in [-0.05, 0) is 62.1 Å². The van der Waals surface area contributed by atoms with Gasteiger partial charge in [-0.3, -0.25) is 0 Å². The molecule has 0 saturated heterocycles. The summed E-state index contributed by atoms with van der Waals surface area (Å²) in [6, 6.07) is 18.0. The number of benzene rings is 2. The van der Waals surface area contributed by atoms with Gasteiger partial charge in [0, 0.05) is 31.6 Å². The lowest BCUT2D eigenvalue weighted by atomic mass is 9.91. The van der Waals surface area contributed by atoms with E-state index in [4.69, 9.17) is 14.4 Å². The molecule has 10 heteroatoms. The molecule has 2 N–H and O–H groups in total. The highest BCUT2D eigenvalue weighted by atomic mass is 19.4. The first-order valence-corrected chi connectivity index (χ1v) is 12.6. The van der Waals surface area contributed by atoms with Gasteiger partial charge in [0.25, 0.3) is 0 Å². The zero-order valence-electron chi connectivity index (χ0n) is 21.3. The molecule has 7 nitrogen and oxygen atoms in total. The van der Waals surface area contributed by atoms with Crippen LogP contribution in [0.3, 0.4) is 0 Å². The smallest absolute Gasteiger partial charge is 0.460 e. The summed E-state index contributed by atoms with van der Waals surface area (Å²) < 4.78 is 48.3. The number of hydrogen-bond acceptors (Lipinski definition) is 7. The molecule has 2 aromatic heterocycles. The van der Waals surface area contributed by atoms with Gasteiger partial charge in [0.1, 0.15) is 23.1 Å². The van der Waals surface area contributed by atoms with Gasteiger partial charge in [0.15, 0.2) is 0 Å². The molecule has 2 heterocycles. The summed E-state index contributed by atoms with van der Waals surface area (Å²) in [6.07, 6.45) is -0.882. The van der Waals surface area contributed by atoms with E-state index in [1.54, 1.807) is 24.3 Å². The molecule has 2 aromatic carbocycles. The number of nitrogens with one attached hydrogen (secondary N) is 2. The van der Waals surface area contributed by atoms with E-state index >= 15 is 0 Å². The predicted octanol–water partition coefficient (Wildman–Crippen LogP) is 6.37. The van der Waals surface area contributed by atoms with E-state index in [0.29, 0.717) is 30.1 Å². The van der Waals surface area contributed by atoms with Crippen LogP contribution in [-0.2, 0) is 6.54 Å². The van der Waals surface area contributed by atoms with E-state index < -0.39 is 6.36 Å². The molecule has 4 aromatic rings. The lowest BCUT2D eigenvalue weighted by Crippen LogP contribution is -2.36. The predicted molar refractivity (Wildman–Crippen MR) is 141 cm³/mol. The second-order valence-electron chi connectivity index (χ2n) is 9.67. The molecule has 1 saturated carbocycles. The van der Waals surface area contributed by atoms with Crippen LogP contribution in [0.15, 0.2) is 65.1 Å². The average Bonchev–Trinajstić information content (AvgIpc) is 3.36. The van der Waals surface area contributed by atoms with E-state index in [0.717, 1.165) is 42.4 Å². The van der Waals surface area contributed by atoms with Crippen LogP contribution < -0.4 is 20.3 Å². The van der Waals surface area contributed by atoms with Crippen molar-refractivity contribution in [3.8, 4) is 17.1 Å². The van der Waals surface area contributed by atoms with Gasteiger partial charge in [-0.15, -0.1) is 13.2 Å². The number of alkyl halides is 3. The summed E-state index contributed by atoms with van der Waals surface area (Å²) in [6.45, 7) is 0.491. The number of anilines is 2. The molecule has 0 aliphatic heterocycles. The minimum atomic E-state index is -4.77. The van der Waals surface area contributed by atoms with Crippen LogP contribution in [0.2, 0.25) is 0 Å². The second-order valence-corrected chi connectivity index (χ2v) is 9.67. The number of para-hydroxylation sites is 2. The Morgan fingerprint density at radius 3 is 2.39 bits per heavy atom. The molecule has 0 atom stereocenters. The summed E-state index contributed by atoms with van der Waals surface area (Å²) in [4.78, 5) is 11.5. The maximum Gasteiger partial charge on any atom is 0.573 e. The van der Waals surface area contributed by atoms with Gasteiger partial charge in [-0.1, -0.05) is 24.3 Å². The van der Waals surface area contributed by atoms with Gasteiger partial charge >= 0.3 is 6.36 Å². The van der Waals surface area contributed by atoms with Crippen LogP contribution in [0.1, 0.15) is 31.4 Å². The van der Waals surface area contributed by atoms with Crippen molar-refractivity contribution < 1.29 is 22.3 Å². The third kappa shape index (κ3) is 6.19. The molecule has 0 bridgehead atoms. The zero-order valence-corrected chi connectivity index (χ0v) is 21.3. The molecule has 0 unspecified atom stereocenters. The Labute approximate surface area is 219 Å². The van der Waals surface area contributed by atoms with Crippen molar-refractivity contribution in [1.82, 2.24) is 15.3 Å². The summed E-state index contributed by atoms with van der Waals surface area (Å²) in [5.74, 6) is 2.23. The normalized spacial score (nSPS) is 17.9. The highest BCUT2D eigenvalue weighted by molar-refractivity contribution is 5.90. The van der Waals surface area contributed by atoms with Crippen LogP contribution in [0.4, 0.5) is 24.9 Å². The van der Waals surface area contributed by atoms with E-state index in [2.05, 4.69) is 15.4 Å². The minimum Gasteiger partial charge on any atom is -0.460 e. The number of fused-ring (bicyclic) bond motifs is 1. The van der Waals surface area contributed by atoms with Gasteiger partial charge in [-0.2, -0.15) is 4.98 Å². The van der Waals surface area contributed by atoms with Crippen LogP contribution in [0, 0.1) is 0 Å². The number of aromatic nitrogens is 2. The van der Waals surface area contributed by atoms with Crippen molar-refractivity contribution in [2.75, 3.05) is 24.3 Å². The van der Waals surface area contributed by atoms with Crippen molar-refractivity contribution in [3.05, 3.63) is 66.4 Å². The maximum absolute atomic E-state index is 12.8. The highest BCUT2D eigenvalue weighted by Crippen LogP contribution is 2.35. The number of furan rings is 1. The SMILES string of the molecule is CN(C)c1nc(NC2CCC(NCc3ccc(-c4ccccc4OC(F)(F)F)o3)CC2)nc2ccccc12. The van der Waals surface area contributed by atoms with Crippen LogP contribution >= 0.6 is 0 Å². The average molecular weight is 526 g/mol.